The zero-order valence-electron chi connectivity index (χ0n) is 19.7. The first-order valence-corrected chi connectivity index (χ1v) is 15.2. The van der Waals surface area contributed by atoms with Crippen LogP contribution in [0.2, 0.25) is 0 Å². The molecular formula is C24H29N2O6PS2. The molecule has 3 rings (SSSR count). The van der Waals surface area contributed by atoms with Crippen LogP contribution in [0.15, 0.2) is 42.5 Å². The molecule has 2 aromatic carbocycles. The number of rotatable bonds is 9. The summed E-state index contributed by atoms with van der Waals surface area (Å²) >= 11 is 10.6. The minimum absolute atomic E-state index is 0.00517. The predicted molar refractivity (Wildman–Crippen MR) is 143 cm³/mol. The van der Waals surface area contributed by atoms with Gasteiger partial charge in [0, 0.05) is 43.5 Å². The minimum atomic E-state index is -2.23. The SMILES string of the molecule is CCCCC(=O)Nc1ccc(C(=O)Oc2ccc(P(=S)(S)N3CCOCC3)cc2)c(OC(C)=O)c1. The molecule has 35 heavy (non-hydrogen) atoms. The average molecular weight is 537 g/mol. The van der Waals surface area contributed by atoms with E-state index in [2.05, 4.69) is 9.99 Å². The number of benzene rings is 2. The van der Waals surface area contributed by atoms with Crippen LogP contribution >= 0.6 is 17.6 Å². The first kappa shape index (κ1) is 27.4. The molecule has 1 aliphatic heterocycles. The molecule has 1 aliphatic rings. The smallest absolute Gasteiger partial charge is 0.347 e. The van der Waals surface area contributed by atoms with Crippen molar-refractivity contribution >= 4 is 58.3 Å². The van der Waals surface area contributed by atoms with Crippen LogP contribution in [0.3, 0.4) is 0 Å². The maximum Gasteiger partial charge on any atom is 0.347 e. The van der Waals surface area contributed by atoms with E-state index in [1.165, 1.54) is 19.1 Å². The summed E-state index contributed by atoms with van der Waals surface area (Å²) in [6.45, 7) is 5.94. The number of anilines is 1. The lowest BCUT2D eigenvalue weighted by Crippen LogP contribution is -2.35. The summed E-state index contributed by atoms with van der Waals surface area (Å²) in [6, 6.07) is 11.4. The second-order valence-corrected chi connectivity index (χ2v) is 14.3. The number of nitrogens with one attached hydrogen (secondary N) is 1. The Hall–Kier alpha value is -2.23. The fourth-order valence-electron chi connectivity index (χ4n) is 3.43. The quantitative estimate of drug-likeness (QED) is 0.214. The molecule has 8 nitrogen and oxygen atoms in total. The topological polar surface area (TPSA) is 94.2 Å². The third-order valence-corrected chi connectivity index (χ3v) is 10.2. The van der Waals surface area contributed by atoms with Gasteiger partial charge in [0.2, 0.25) is 5.91 Å². The fourth-order valence-corrected chi connectivity index (χ4v) is 6.79. The molecule has 0 spiro atoms. The van der Waals surface area contributed by atoms with E-state index in [1.807, 2.05) is 19.1 Å². The fraction of sp³-hybridized carbons (Fsp3) is 0.375. The lowest BCUT2D eigenvalue weighted by molar-refractivity contribution is -0.131. The average Bonchev–Trinajstić information content (AvgIpc) is 2.83. The number of unbranched alkanes of at least 4 members (excludes halogenated alkanes) is 1. The van der Waals surface area contributed by atoms with Crippen molar-refractivity contribution in [3.05, 3.63) is 48.0 Å². The molecule has 0 aromatic heterocycles. The van der Waals surface area contributed by atoms with Crippen LogP contribution in [0.5, 0.6) is 11.5 Å². The number of hydrogen-bond donors (Lipinski definition) is 2. The van der Waals surface area contributed by atoms with Gasteiger partial charge in [-0.25, -0.2) is 4.79 Å². The summed E-state index contributed by atoms with van der Waals surface area (Å²) in [6.07, 6.45) is 2.04. The van der Waals surface area contributed by atoms with Gasteiger partial charge in [0.15, 0.2) is 0 Å². The number of hydrogen-bond acceptors (Lipinski definition) is 7. The maximum absolute atomic E-state index is 12.9. The number of carbonyl (C=O) groups is 3. The van der Waals surface area contributed by atoms with Crippen LogP contribution < -0.4 is 20.1 Å². The van der Waals surface area contributed by atoms with E-state index in [0.717, 1.165) is 31.2 Å². The molecule has 1 unspecified atom stereocenters. The van der Waals surface area contributed by atoms with Crippen molar-refractivity contribution in [1.82, 2.24) is 4.67 Å². The van der Waals surface area contributed by atoms with Crippen LogP contribution in [-0.2, 0) is 26.1 Å². The zero-order valence-corrected chi connectivity index (χ0v) is 22.3. The van der Waals surface area contributed by atoms with E-state index in [0.29, 0.717) is 31.1 Å². The highest BCUT2D eigenvalue weighted by Crippen LogP contribution is 2.53. The molecule has 0 aliphatic carbocycles. The third kappa shape index (κ3) is 7.62. The highest BCUT2D eigenvalue weighted by molar-refractivity contribution is 8.65. The van der Waals surface area contributed by atoms with Gasteiger partial charge in [-0.2, -0.15) is 0 Å². The van der Waals surface area contributed by atoms with Gasteiger partial charge < -0.3 is 19.5 Å². The summed E-state index contributed by atoms with van der Waals surface area (Å²) in [7, 11) is 0. The monoisotopic (exact) mass is 536 g/mol. The molecule has 0 radical (unpaired) electrons. The standard InChI is InChI=1S/C24H29N2O6PS2/c1-3-4-5-23(28)25-18-6-11-21(22(16-18)31-17(2)27)24(29)32-19-7-9-20(10-8-19)33(34,35)26-12-14-30-15-13-26/h6-11,16H,3-5,12-15H2,1-2H3,(H,25,28)(H,34,35). The Morgan fingerprint density at radius 1 is 1.11 bits per heavy atom. The van der Waals surface area contributed by atoms with Gasteiger partial charge in [0.05, 0.1) is 18.6 Å². The van der Waals surface area contributed by atoms with Gasteiger partial charge in [-0.3, -0.25) is 14.3 Å². The molecule has 2 aromatic rings. The van der Waals surface area contributed by atoms with E-state index in [1.54, 1.807) is 18.2 Å². The van der Waals surface area contributed by atoms with E-state index in [4.69, 9.17) is 38.3 Å². The predicted octanol–water partition coefficient (Wildman–Crippen LogP) is 4.16. The van der Waals surface area contributed by atoms with Crippen molar-refractivity contribution in [2.24, 2.45) is 0 Å². The molecular weight excluding hydrogens is 507 g/mol. The Morgan fingerprint density at radius 2 is 1.80 bits per heavy atom. The molecule has 1 saturated heterocycles. The number of nitrogens with zero attached hydrogens (tertiary/aromatic N) is 1. The summed E-state index contributed by atoms with van der Waals surface area (Å²) in [5.74, 6) is -1.13. The highest BCUT2D eigenvalue weighted by atomic mass is 32.9. The van der Waals surface area contributed by atoms with Crippen molar-refractivity contribution in [3.63, 3.8) is 0 Å². The number of ether oxygens (including phenoxy) is 3. The van der Waals surface area contributed by atoms with E-state index < -0.39 is 17.3 Å². The lowest BCUT2D eigenvalue weighted by atomic mass is 10.1. The summed E-state index contributed by atoms with van der Waals surface area (Å²) in [4.78, 5) is 36.5. The van der Waals surface area contributed by atoms with Crippen LogP contribution in [0.1, 0.15) is 43.5 Å². The summed E-state index contributed by atoms with van der Waals surface area (Å²) < 4.78 is 18.3. The van der Waals surface area contributed by atoms with Gasteiger partial charge in [-0.05, 0) is 42.8 Å². The van der Waals surface area contributed by atoms with Crippen LogP contribution in [0, 0.1) is 0 Å². The first-order chi connectivity index (χ1) is 16.7. The maximum atomic E-state index is 12.9. The molecule has 1 atom stereocenters. The van der Waals surface area contributed by atoms with E-state index in [-0.39, 0.29) is 17.2 Å². The minimum Gasteiger partial charge on any atom is -0.426 e. The van der Waals surface area contributed by atoms with Crippen molar-refractivity contribution in [2.45, 2.75) is 33.1 Å². The first-order valence-electron chi connectivity index (χ1n) is 11.3. The second kappa shape index (κ2) is 12.6. The number of carbonyl (C=O) groups excluding carboxylic acids is 3. The van der Waals surface area contributed by atoms with Gasteiger partial charge in [0.1, 0.15) is 17.1 Å². The summed E-state index contributed by atoms with van der Waals surface area (Å²) in [5.41, 5.74) is 0.481. The van der Waals surface area contributed by atoms with Crippen LogP contribution in [0.25, 0.3) is 0 Å². The number of thiol groups is 1. The zero-order chi connectivity index (χ0) is 25.4. The van der Waals surface area contributed by atoms with Gasteiger partial charge in [0.25, 0.3) is 0 Å². The Balaban J connectivity index is 1.74. The molecule has 188 valence electrons. The van der Waals surface area contributed by atoms with Gasteiger partial charge >= 0.3 is 11.9 Å². The van der Waals surface area contributed by atoms with E-state index in [9.17, 15) is 14.4 Å². The molecule has 0 saturated carbocycles. The Labute approximate surface area is 215 Å². The highest BCUT2D eigenvalue weighted by Gasteiger charge is 2.26. The molecule has 1 N–H and O–H groups in total. The Morgan fingerprint density at radius 3 is 2.43 bits per heavy atom. The Kier molecular flexibility index (Phi) is 9.89. The van der Waals surface area contributed by atoms with Crippen molar-refractivity contribution in [3.8, 4) is 11.5 Å². The van der Waals surface area contributed by atoms with Crippen LogP contribution in [0.4, 0.5) is 5.69 Å². The molecule has 1 amide bonds. The van der Waals surface area contributed by atoms with Gasteiger partial charge in [-0.1, -0.05) is 25.2 Å². The lowest BCUT2D eigenvalue weighted by Gasteiger charge is -2.34. The number of esters is 2. The van der Waals surface area contributed by atoms with Crippen molar-refractivity contribution in [2.75, 3.05) is 31.6 Å². The largest absolute Gasteiger partial charge is 0.426 e. The van der Waals surface area contributed by atoms with E-state index >= 15 is 0 Å². The second-order valence-electron chi connectivity index (χ2n) is 7.95. The van der Waals surface area contributed by atoms with Crippen molar-refractivity contribution in [1.29, 1.82) is 0 Å². The Bertz CT molecular complexity index is 1120. The molecule has 1 heterocycles. The normalized spacial score (nSPS) is 15.6. The third-order valence-electron chi connectivity index (χ3n) is 5.25. The molecule has 1 fully saturated rings. The van der Waals surface area contributed by atoms with Crippen molar-refractivity contribution < 1.29 is 28.6 Å². The molecule has 11 heteroatoms. The summed E-state index contributed by atoms with van der Waals surface area (Å²) in [5, 5.41) is 1.40. The van der Waals surface area contributed by atoms with Crippen LogP contribution in [-0.4, -0.2) is 48.8 Å². The molecule has 0 bridgehead atoms. The number of amides is 1. The number of morpholine rings is 1. The van der Waals surface area contributed by atoms with Gasteiger partial charge in [-0.15, -0.1) is 12.2 Å².